The molecular weight excluding hydrogens is 210 g/mol. The van der Waals surface area contributed by atoms with Crippen LogP contribution in [0.25, 0.3) is 0 Å². The summed E-state index contributed by atoms with van der Waals surface area (Å²) in [4.78, 5) is 7.74. The lowest BCUT2D eigenvalue weighted by atomic mass is 10.5. The van der Waals surface area contributed by atoms with E-state index in [9.17, 15) is 0 Å². The van der Waals surface area contributed by atoms with Crippen molar-refractivity contribution in [3.05, 3.63) is 10.9 Å². The van der Waals surface area contributed by atoms with Crippen LogP contribution in [0.1, 0.15) is 6.92 Å². The molecule has 5 heteroatoms. The van der Waals surface area contributed by atoms with E-state index in [0.717, 1.165) is 0 Å². The monoisotopic (exact) mass is 217 g/mol. The summed E-state index contributed by atoms with van der Waals surface area (Å²) in [6, 6.07) is 0. The smallest absolute Gasteiger partial charge is 0.241 e. The SMILES string of the molecule is CCOc1nc(Br)ncc1N. The molecule has 0 aromatic carbocycles. The molecule has 0 amide bonds. The molecule has 0 spiro atoms. The van der Waals surface area contributed by atoms with E-state index in [0.29, 0.717) is 22.9 Å². The molecule has 60 valence electrons. The van der Waals surface area contributed by atoms with Crippen LogP contribution in [0.5, 0.6) is 5.88 Å². The minimum absolute atomic E-state index is 0.425. The molecule has 11 heavy (non-hydrogen) atoms. The van der Waals surface area contributed by atoms with E-state index in [1.54, 1.807) is 0 Å². The Morgan fingerprint density at radius 3 is 3.09 bits per heavy atom. The summed E-state index contributed by atoms with van der Waals surface area (Å²) in [7, 11) is 0. The molecule has 1 heterocycles. The maximum absolute atomic E-state index is 5.50. The highest BCUT2D eigenvalue weighted by Gasteiger charge is 2.01. The zero-order valence-corrected chi connectivity index (χ0v) is 7.63. The minimum Gasteiger partial charge on any atom is -0.476 e. The van der Waals surface area contributed by atoms with Crippen molar-refractivity contribution < 1.29 is 4.74 Å². The fraction of sp³-hybridized carbons (Fsp3) is 0.333. The second kappa shape index (κ2) is 3.52. The van der Waals surface area contributed by atoms with Crippen LogP contribution in [0.4, 0.5) is 5.69 Å². The third-order valence-electron chi connectivity index (χ3n) is 1.03. The maximum Gasteiger partial charge on any atom is 0.241 e. The van der Waals surface area contributed by atoms with Gasteiger partial charge in [0.15, 0.2) is 4.73 Å². The molecule has 0 aliphatic rings. The van der Waals surface area contributed by atoms with Gasteiger partial charge in [0.2, 0.25) is 5.88 Å². The Morgan fingerprint density at radius 1 is 1.73 bits per heavy atom. The van der Waals surface area contributed by atoms with E-state index in [1.165, 1.54) is 6.20 Å². The summed E-state index contributed by atoms with van der Waals surface area (Å²) in [6.07, 6.45) is 1.50. The van der Waals surface area contributed by atoms with Gasteiger partial charge < -0.3 is 10.5 Å². The normalized spacial score (nSPS) is 9.64. The van der Waals surface area contributed by atoms with Crippen molar-refractivity contribution in [2.75, 3.05) is 12.3 Å². The van der Waals surface area contributed by atoms with E-state index in [1.807, 2.05) is 6.92 Å². The predicted molar refractivity (Wildman–Crippen MR) is 45.3 cm³/mol. The highest BCUT2D eigenvalue weighted by Crippen LogP contribution is 2.18. The van der Waals surface area contributed by atoms with Gasteiger partial charge in [0.1, 0.15) is 5.69 Å². The number of nitrogens with two attached hydrogens (primary N) is 1. The highest BCUT2D eigenvalue weighted by molar-refractivity contribution is 9.10. The first-order valence-corrected chi connectivity index (χ1v) is 3.94. The number of anilines is 1. The summed E-state index contributed by atoms with van der Waals surface area (Å²) in [6.45, 7) is 2.42. The number of rotatable bonds is 2. The van der Waals surface area contributed by atoms with Crippen molar-refractivity contribution >= 4 is 21.6 Å². The van der Waals surface area contributed by atoms with Crippen LogP contribution >= 0.6 is 15.9 Å². The number of aromatic nitrogens is 2. The molecular formula is C6H8BrN3O. The number of ether oxygens (including phenoxy) is 1. The van der Waals surface area contributed by atoms with Gasteiger partial charge in [-0.25, -0.2) is 4.98 Å². The Hall–Kier alpha value is -0.840. The van der Waals surface area contributed by atoms with Gasteiger partial charge in [-0.15, -0.1) is 0 Å². The van der Waals surface area contributed by atoms with Crippen LogP contribution in [-0.4, -0.2) is 16.6 Å². The molecule has 0 unspecified atom stereocenters. The van der Waals surface area contributed by atoms with Crippen molar-refractivity contribution in [3.8, 4) is 5.88 Å². The molecule has 1 rings (SSSR count). The first-order chi connectivity index (χ1) is 5.24. The first-order valence-electron chi connectivity index (χ1n) is 3.15. The molecule has 2 N–H and O–H groups in total. The fourth-order valence-corrected chi connectivity index (χ4v) is 0.871. The topological polar surface area (TPSA) is 61.0 Å². The molecule has 0 saturated carbocycles. The van der Waals surface area contributed by atoms with Crippen molar-refractivity contribution in [2.45, 2.75) is 6.92 Å². The molecule has 0 radical (unpaired) electrons. The van der Waals surface area contributed by atoms with Gasteiger partial charge in [0.25, 0.3) is 0 Å². The van der Waals surface area contributed by atoms with Gasteiger partial charge in [-0.05, 0) is 22.9 Å². The standard InChI is InChI=1S/C6H8BrN3O/c1-2-11-5-4(8)3-9-6(7)10-5/h3H,2,8H2,1H3. The second-order valence-corrected chi connectivity index (χ2v) is 2.54. The van der Waals surface area contributed by atoms with E-state index >= 15 is 0 Å². The Labute approximate surface area is 72.9 Å². The molecule has 0 aliphatic heterocycles. The quantitative estimate of drug-likeness (QED) is 0.758. The Kier molecular flexibility index (Phi) is 2.64. The van der Waals surface area contributed by atoms with Crippen molar-refractivity contribution in [2.24, 2.45) is 0 Å². The number of nitrogens with zero attached hydrogens (tertiary/aromatic N) is 2. The van der Waals surface area contributed by atoms with Crippen LogP contribution in [0.15, 0.2) is 10.9 Å². The average Bonchev–Trinajstić information content (AvgIpc) is 1.98. The zero-order chi connectivity index (χ0) is 8.27. The zero-order valence-electron chi connectivity index (χ0n) is 6.04. The lowest BCUT2D eigenvalue weighted by molar-refractivity contribution is 0.327. The van der Waals surface area contributed by atoms with Gasteiger partial charge in [-0.3, -0.25) is 0 Å². The van der Waals surface area contributed by atoms with Gasteiger partial charge in [-0.2, -0.15) is 4.98 Å². The average molecular weight is 218 g/mol. The minimum atomic E-state index is 0.425. The van der Waals surface area contributed by atoms with Gasteiger partial charge in [-0.1, -0.05) is 0 Å². The molecule has 1 aromatic rings. The Bertz CT molecular complexity index is 254. The van der Waals surface area contributed by atoms with E-state index in [4.69, 9.17) is 10.5 Å². The van der Waals surface area contributed by atoms with Crippen molar-refractivity contribution in [3.63, 3.8) is 0 Å². The van der Waals surface area contributed by atoms with E-state index in [2.05, 4.69) is 25.9 Å². The molecule has 0 bridgehead atoms. The predicted octanol–water partition coefficient (Wildman–Crippen LogP) is 1.22. The summed E-state index contributed by atoms with van der Waals surface area (Å²) in [5.74, 6) is 0.425. The number of hydrogen-bond donors (Lipinski definition) is 1. The molecule has 0 atom stereocenters. The Morgan fingerprint density at radius 2 is 2.45 bits per heavy atom. The van der Waals surface area contributed by atoms with E-state index in [-0.39, 0.29) is 0 Å². The number of nitrogen functional groups attached to an aromatic ring is 1. The third kappa shape index (κ3) is 2.04. The molecule has 4 nitrogen and oxygen atoms in total. The molecule has 1 aromatic heterocycles. The second-order valence-electron chi connectivity index (χ2n) is 1.83. The van der Waals surface area contributed by atoms with Crippen LogP contribution in [0.3, 0.4) is 0 Å². The van der Waals surface area contributed by atoms with Crippen LogP contribution < -0.4 is 10.5 Å². The first kappa shape index (κ1) is 8.26. The lowest BCUT2D eigenvalue weighted by Crippen LogP contribution is -2.00. The maximum atomic E-state index is 5.50. The van der Waals surface area contributed by atoms with Crippen LogP contribution in [-0.2, 0) is 0 Å². The molecule has 0 saturated heterocycles. The summed E-state index contributed by atoms with van der Waals surface area (Å²) < 4.78 is 5.59. The van der Waals surface area contributed by atoms with Crippen molar-refractivity contribution in [1.29, 1.82) is 0 Å². The third-order valence-corrected chi connectivity index (χ3v) is 1.41. The molecule has 0 fully saturated rings. The van der Waals surface area contributed by atoms with E-state index < -0.39 is 0 Å². The lowest BCUT2D eigenvalue weighted by Gasteiger charge is -2.03. The van der Waals surface area contributed by atoms with Crippen molar-refractivity contribution in [1.82, 2.24) is 9.97 Å². The molecule has 0 aliphatic carbocycles. The highest BCUT2D eigenvalue weighted by atomic mass is 79.9. The van der Waals surface area contributed by atoms with Gasteiger partial charge in [0.05, 0.1) is 12.8 Å². The Balaban J connectivity index is 2.93. The summed E-state index contributed by atoms with van der Waals surface area (Å²) in [5.41, 5.74) is 5.96. The fourth-order valence-electron chi connectivity index (χ4n) is 0.608. The number of hydrogen-bond acceptors (Lipinski definition) is 4. The van der Waals surface area contributed by atoms with Crippen LogP contribution in [0.2, 0.25) is 0 Å². The number of halogens is 1. The van der Waals surface area contributed by atoms with Gasteiger partial charge >= 0.3 is 0 Å². The summed E-state index contributed by atoms with van der Waals surface area (Å²) >= 11 is 3.11. The van der Waals surface area contributed by atoms with Crippen LogP contribution in [0, 0.1) is 0 Å². The summed E-state index contributed by atoms with van der Waals surface area (Å²) in [5, 5.41) is 0. The largest absolute Gasteiger partial charge is 0.476 e. The van der Waals surface area contributed by atoms with Gasteiger partial charge in [0, 0.05) is 0 Å².